The van der Waals surface area contributed by atoms with E-state index >= 15 is 0 Å². The van der Waals surface area contributed by atoms with E-state index in [4.69, 9.17) is 5.73 Å². The number of hydrogen-bond acceptors (Lipinski definition) is 2. The van der Waals surface area contributed by atoms with Gasteiger partial charge < -0.3 is 5.73 Å². The molecule has 0 aromatic carbocycles. The molecule has 2 N–H and O–H groups in total. The van der Waals surface area contributed by atoms with E-state index in [0.717, 1.165) is 0 Å². The Morgan fingerprint density at radius 1 is 1.07 bits per heavy atom. The van der Waals surface area contributed by atoms with Crippen molar-refractivity contribution in [2.24, 2.45) is 11.1 Å². The second kappa shape index (κ2) is 3.21. The third-order valence-electron chi connectivity index (χ3n) is 5.35. The Morgan fingerprint density at radius 3 is 1.93 bits per heavy atom. The van der Waals surface area contributed by atoms with Crippen molar-refractivity contribution in [1.29, 1.82) is 0 Å². The van der Waals surface area contributed by atoms with Gasteiger partial charge in [0.1, 0.15) is 0 Å². The average molecular weight is 210 g/mol. The molecule has 1 heterocycles. The van der Waals surface area contributed by atoms with Crippen molar-refractivity contribution in [3.63, 3.8) is 0 Å². The molecular formula is C13H26N2. The van der Waals surface area contributed by atoms with Crippen molar-refractivity contribution in [2.75, 3.05) is 13.1 Å². The van der Waals surface area contributed by atoms with Crippen LogP contribution in [0.15, 0.2) is 0 Å². The lowest BCUT2D eigenvalue weighted by Gasteiger charge is -2.46. The third kappa shape index (κ3) is 1.53. The normalized spacial score (nSPS) is 43.0. The van der Waals surface area contributed by atoms with Gasteiger partial charge in [0.25, 0.3) is 0 Å². The molecule has 0 amide bonds. The van der Waals surface area contributed by atoms with Gasteiger partial charge in [0.2, 0.25) is 0 Å². The molecule has 2 atom stereocenters. The maximum Gasteiger partial charge on any atom is 0.0224 e. The lowest BCUT2D eigenvalue weighted by molar-refractivity contribution is 0.0307. The molecule has 1 saturated carbocycles. The monoisotopic (exact) mass is 210 g/mol. The van der Waals surface area contributed by atoms with Gasteiger partial charge in [-0.15, -0.1) is 0 Å². The molecule has 2 unspecified atom stereocenters. The van der Waals surface area contributed by atoms with Crippen LogP contribution >= 0.6 is 0 Å². The first-order chi connectivity index (χ1) is 6.81. The Bertz CT molecular complexity index is 251. The van der Waals surface area contributed by atoms with Gasteiger partial charge in [0.15, 0.2) is 0 Å². The number of piperidine rings is 1. The maximum atomic E-state index is 6.31. The summed E-state index contributed by atoms with van der Waals surface area (Å²) in [4.78, 5) is 2.66. The molecule has 0 spiro atoms. The number of likely N-dealkylation sites (tertiary alicyclic amines) is 1. The van der Waals surface area contributed by atoms with Crippen molar-refractivity contribution in [1.82, 2.24) is 4.90 Å². The molecule has 2 fully saturated rings. The number of nitrogens with two attached hydrogens (primary N) is 1. The molecule has 1 saturated heterocycles. The second-order valence-corrected chi connectivity index (χ2v) is 6.53. The Kier molecular flexibility index (Phi) is 2.44. The maximum absolute atomic E-state index is 6.31. The highest BCUT2D eigenvalue weighted by Crippen LogP contribution is 2.62. The van der Waals surface area contributed by atoms with Gasteiger partial charge >= 0.3 is 0 Å². The molecule has 2 heteroatoms. The zero-order chi connectivity index (χ0) is 11.3. The van der Waals surface area contributed by atoms with Crippen LogP contribution in [0.5, 0.6) is 0 Å². The van der Waals surface area contributed by atoms with Crippen LogP contribution in [0.1, 0.15) is 53.4 Å². The van der Waals surface area contributed by atoms with Crippen molar-refractivity contribution in [2.45, 2.75) is 64.5 Å². The fraction of sp³-hybridized carbons (Fsp3) is 1.00. The van der Waals surface area contributed by atoms with Gasteiger partial charge in [0, 0.05) is 16.5 Å². The number of hydrogen-bond donors (Lipinski definition) is 1. The number of nitrogens with zero attached hydrogens (tertiary/aromatic N) is 1. The standard InChI is InChI=1S/C13H26N2/c1-11(2,12(3)10-13(12,4)14)15-8-6-5-7-9-15/h5-10,14H2,1-4H3. The summed E-state index contributed by atoms with van der Waals surface area (Å²) < 4.78 is 0. The fourth-order valence-corrected chi connectivity index (χ4v) is 3.41. The summed E-state index contributed by atoms with van der Waals surface area (Å²) >= 11 is 0. The zero-order valence-corrected chi connectivity index (χ0v) is 10.8. The van der Waals surface area contributed by atoms with Gasteiger partial charge in [-0.1, -0.05) is 13.3 Å². The van der Waals surface area contributed by atoms with Gasteiger partial charge in [0.05, 0.1) is 0 Å². The highest BCUT2D eigenvalue weighted by Gasteiger charge is 2.67. The fourth-order valence-electron chi connectivity index (χ4n) is 3.41. The molecule has 0 radical (unpaired) electrons. The smallest absolute Gasteiger partial charge is 0.0224 e. The van der Waals surface area contributed by atoms with Crippen LogP contribution < -0.4 is 5.73 Å². The SMILES string of the molecule is CC1(N)CC1(C)C(C)(C)N1CCCCC1. The molecule has 88 valence electrons. The predicted molar refractivity (Wildman–Crippen MR) is 64.8 cm³/mol. The summed E-state index contributed by atoms with van der Waals surface area (Å²) in [6.07, 6.45) is 5.30. The molecule has 2 aliphatic rings. The van der Waals surface area contributed by atoms with Crippen LogP contribution in [-0.4, -0.2) is 29.1 Å². The molecule has 0 bridgehead atoms. The highest BCUT2D eigenvalue weighted by atomic mass is 15.2. The van der Waals surface area contributed by atoms with Crippen LogP contribution in [0.4, 0.5) is 0 Å². The Balaban J connectivity index is 2.12. The molecule has 1 aliphatic heterocycles. The largest absolute Gasteiger partial charge is 0.325 e. The van der Waals surface area contributed by atoms with E-state index < -0.39 is 0 Å². The van der Waals surface area contributed by atoms with Crippen LogP contribution in [0.2, 0.25) is 0 Å². The summed E-state index contributed by atoms with van der Waals surface area (Å²) in [5.41, 5.74) is 6.92. The zero-order valence-electron chi connectivity index (χ0n) is 10.8. The minimum atomic E-state index is 0.0496. The summed E-state index contributed by atoms with van der Waals surface area (Å²) in [7, 11) is 0. The Labute approximate surface area is 94.2 Å². The highest BCUT2D eigenvalue weighted by molar-refractivity contribution is 5.23. The Hall–Kier alpha value is -0.0800. The topological polar surface area (TPSA) is 29.3 Å². The third-order valence-corrected chi connectivity index (χ3v) is 5.35. The predicted octanol–water partition coefficient (Wildman–Crippen LogP) is 2.38. The molecular weight excluding hydrogens is 184 g/mol. The van der Waals surface area contributed by atoms with E-state index in [-0.39, 0.29) is 11.1 Å². The van der Waals surface area contributed by atoms with E-state index in [2.05, 4.69) is 32.6 Å². The lowest BCUT2D eigenvalue weighted by Crippen LogP contribution is -2.55. The van der Waals surface area contributed by atoms with Crippen molar-refractivity contribution < 1.29 is 0 Å². The van der Waals surface area contributed by atoms with Crippen molar-refractivity contribution >= 4 is 0 Å². The average Bonchev–Trinajstić information content (AvgIpc) is 2.69. The van der Waals surface area contributed by atoms with Crippen LogP contribution in [0.25, 0.3) is 0 Å². The van der Waals surface area contributed by atoms with Crippen LogP contribution in [0, 0.1) is 5.41 Å². The van der Waals surface area contributed by atoms with E-state index in [1.165, 1.54) is 38.8 Å². The molecule has 15 heavy (non-hydrogen) atoms. The van der Waals surface area contributed by atoms with Crippen LogP contribution in [-0.2, 0) is 0 Å². The van der Waals surface area contributed by atoms with Gasteiger partial charge in [-0.3, -0.25) is 4.90 Å². The Morgan fingerprint density at radius 2 is 1.53 bits per heavy atom. The van der Waals surface area contributed by atoms with E-state index in [0.29, 0.717) is 5.41 Å². The summed E-state index contributed by atoms with van der Waals surface area (Å²) in [5.74, 6) is 0. The van der Waals surface area contributed by atoms with E-state index in [1.807, 2.05) is 0 Å². The summed E-state index contributed by atoms with van der Waals surface area (Å²) in [6.45, 7) is 11.9. The van der Waals surface area contributed by atoms with Gasteiger partial charge in [-0.05, 0) is 53.1 Å². The molecule has 2 nitrogen and oxygen atoms in total. The quantitative estimate of drug-likeness (QED) is 0.758. The van der Waals surface area contributed by atoms with Crippen molar-refractivity contribution in [3.8, 4) is 0 Å². The van der Waals surface area contributed by atoms with E-state index in [1.54, 1.807) is 0 Å². The first kappa shape index (κ1) is 11.4. The van der Waals surface area contributed by atoms with Gasteiger partial charge in [-0.25, -0.2) is 0 Å². The van der Waals surface area contributed by atoms with Crippen molar-refractivity contribution in [3.05, 3.63) is 0 Å². The molecule has 2 rings (SSSR count). The summed E-state index contributed by atoms with van der Waals surface area (Å²) in [6, 6.07) is 0. The molecule has 0 aromatic heterocycles. The lowest BCUT2D eigenvalue weighted by atomic mass is 9.79. The van der Waals surface area contributed by atoms with E-state index in [9.17, 15) is 0 Å². The number of rotatable bonds is 2. The molecule has 0 aromatic rings. The first-order valence-corrected chi connectivity index (χ1v) is 6.35. The van der Waals surface area contributed by atoms with Crippen LogP contribution in [0.3, 0.4) is 0 Å². The van der Waals surface area contributed by atoms with Gasteiger partial charge in [-0.2, -0.15) is 0 Å². The first-order valence-electron chi connectivity index (χ1n) is 6.35. The molecule has 1 aliphatic carbocycles. The minimum absolute atomic E-state index is 0.0496. The minimum Gasteiger partial charge on any atom is -0.325 e. The summed E-state index contributed by atoms with van der Waals surface area (Å²) in [5, 5.41) is 0. The second-order valence-electron chi connectivity index (χ2n) is 6.53.